The Labute approximate surface area is 199 Å². The molecule has 0 radical (unpaired) electrons. The van der Waals surface area contributed by atoms with Crippen LogP contribution >= 0.6 is 0 Å². The van der Waals surface area contributed by atoms with Crippen LogP contribution < -0.4 is 10.1 Å². The summed E-state index contributed by atoms with van der Waals surface area (Å²) in [5.74, 6) is 1.21. The first-order valence-electron chi connectivity index (χ1n) is 11.6. The Balaban J connectivity index is 1.45. The third-order valence-electron chi connectivity index (χ3n) is 6.29. The highest BCUT2D eigenvalue weighted by atomic mass is 32.2. The first-order valence-corrected chi connectivity index (χ1v) is 13.4. The van der Waals surface area contributed by atoms with Gasteiger partial charge in [-0.05, 0) is 56.4 Å². The second-order valence-electron chi connectivity index (χ2n) is 8.58. The molecular formula is C24H30N4O5S. The number of nitrogens with zero attached hydrogens (tertiary/aromatic N) is 3. The van der Waals surface area contributed by atoms with E-state index in [0.29, 0.717) is 43.4 Å². The van der Waals surface area contributed by atoms with Crippen molar-refractivity contribution < 1.29 is 23.1 Å². The minimum atomic E-state index is -3.00. The summed E-state index contributed by atoms with van der Waals surface area (Å²) in [4.78, 5) is 20.2. The minimum Gasteiger partial charge on any atom is -0.493 e. The first kappa shape index (κ1) is 24.0. The Hall–Kier alpha value is -3.14. The fraction of sp³-hybridized carbons (Fsp3) is 0.458. The number of hydrogen-bond acceptors (Lipinski definition) is 7. The van der Waals surface area contributed by atoms with Gasteiger partial charge in [-0.15, -0.1) is 0 Å². The Morgan fingerprint density at radius 1 is 1.21 bits per heavy atom. The van der Waals surface area contributed by atoms with Crippen molar-refractivity contribution >= 4 is 32.7 Å². The van der Waals surface area contributed by atoms with Crippen LogP contribution in [0.15, 0.2) is 42.7 Å². The summed E-state index contributed by atoms with van der Waals surface area (Å²) in [6.07, 6.45) is 6.93. The lowest BCUT2D eigenvalue weighted by atomic mass is 9.86. The number of aromatic nitrogens is 3. The lowest BCUT2D eigenvalue weighted by molar-refractivity contribution is -0.142. The topological polar surface area (TPSA) is 123 Å². The maximum absolute atomic E-state index is 11.7. The van der Waals surface area contributed by atoms with E-state index >= 15 is 0 Å². The zero-order chi connectivity index (χ0) is 24.1. The molecule has 182 valence electrons. The highest BCUT2D eigenvalue weighted by Gasteiger charge is 2.26. The normalized spacial score (nSPS) is 18.6. The molecule has 2 aromatic heterocycles. The zero-order valence-electron chi connectivity index (χ0n) is 19.2. The van der Waals surface area contributed by atoms with Crippen molar-refractivity contribution in [2.45, 2.75) is 45.1 Å². The van der Waals surface area contributed by atoms with Gasteiger partial charge < -0.3 is 19.7 Å². The second kappa shape index (κ2) is 10.4. The summed E-state index contributed by atoms with van der Waals surface area (Å²) in [6, 6.07) is 9.69. The van der Waals surface area contributed by atoms with Gasteiger partial charge in [0.15, 0.2) is 0 Å². The molecular weight excluding hydrogens is 456 g/mol. The van der Waals surface area contributed by atoms with Crippen molar-refractivity contribution in [3.8, 4) is 11.6 Å². The highest BCUT2D eigenvalue weighted by Crippen LogP contribution is 2.29. The smallest absolute Gasteiger partial charge is 0.306 e. The molecule has 0 aliphatic heterocycles. The van der Waals surface area contributed by atoms with Crippen molar-refractivity contribution in [3.63, 3.8) is 0 Å². The number of anilines is 1. The molecule has 0 bridgehead atoms. The second-order valence-corrected chi connectivity index (χ2v) is 11.1. The largest absolute Gasteiger partial charge is 0.493 e. The summed E-state index contributed by atoms with van der Waals surface area (Å²) < 4.78 is 31.2. The monoisotopic (exact) mass is 486 g/mol. The average molecular weight is 487 g/mol. The number of carbonyl (C=O) groups is 1. The Bertz CT molecular complexity index is 1250. The fourth-order valence-electron chi connectivity index (χ4n) is 4.29. The molecule has 0 saturated heterocycles. The maximum Gasteiger partial charge on any atom is 0.306 e. The van der Waals surface area contributed by atoms with Gasteiger partial charge in [-0.1, -0.05) is 13.0 Å². The standard InChI is InChI=1S/C24H30N4O5S/c1-2-34(31,32)16-4-15-33-21-6-3-5-20-19(21)12-14-28(20)22-11-13-25-24(27-22)26-18-9-7-17(8-10-18)23(29)30/h3,5-6,11-14,17-18H,2,4,7-10,15-16H2,1H3,(H,29,30)(H,25,26,27). The van der Waals surface area contributed by atoms with Crippen molar-refractivity contribution in [2.75, 3.05) is 23.4 Å². The number of carboxylic acids is 1. The Morgan fingerprint density at radius 3 is 2.74 bits per heavy atom. The molecule has 1 aliphatic rings. The van der Waals surface area contributed by atoms with Gasteiger partial charge in [0, 0.05) is 29.6 Å². The van der Waals surface area contributed by atoms with E-state index in [4.69, 9.17) is 4.74 Å². The molecule has 0 spiro atoms. The van der Waals surface area contributed by atoms with E-state index in [0.717, 1.165) is 23.7 Å². The molecule has 10 heteroatoms. The number of ether oxygens (including phenoxy) is 1. The molecule has 2 heterocycles. The van der Waals surface area contributed by atoms with E-state index in [1.54, 1.807) is 13.1 Å². The average Bonchev–Trinajstić information content (AvgIpc) is 3.27. The molecule has 0 atom stereocenters. The van der Waals surface area contributed by atoms with Crippen molar-refractivity contribution in [1.29, 1.82) is 0 Å². The predicted octanol–water partition coefficient (Wildman–Crippen LogP) is 3.68. The van der Waals surface area contributed by atoms with E-state index in [1.165, 1.54) is 0 Å². The molecule has 4 rings (SSSR count). The van der Waals surface area contributed by atoms with Crippen LogP contribution in [0.2, 0.25) is 0 Å². The molecule has 0 unspecified atom stereocenters. The Kier molecular flexibility index (Phi) is 7.35. The number of rotatable bonds is 10. The number of fused-ring (bicyclic) bond motifs is 1. The number of benzene rings is 1. The minimum absolute atomic E-state index is 0.120. The summed E-state index contributed by atoms with van der Waals surface area (Å²) in [5, 5.41) is 13.5. The number of hydrogen-bond donors (Lipinski definition) is 2. The molecule has 1 aliphatic carbocycles. The van der Waals surface area contributed by atoms with Crippen LogP contribution in [0.3, 0.4) is 0 Å². The highest BCUT2D eigenvalue weighted by molar-refractivity contribution is 7.91. The molecule has 1 fully saturated rings. The van der Waals surface area contributed by atoms with Crippen LogP contribution in [0.4, 0.5) is 5.95 Å². The number of carboxylic acid groups (broad SMARTS) is 1. The summed E-state index contributed by atoms with van der Waals surface area (Å²) in [7, 11) is -3.00. The number of sulfone groups is 1. The van der Waals surface area contributed by atoms with Gasteiger partial charge in [-0.2, -0.15) is 4.98 Å². The quantitative estimate of drug-likeness (QED) is 0.416. The SMILES string of the molecule is CCS(=O)(=O)CCCOc1cccc2c1ccn2-c1ccnc(NC2CCC(C(=O)O)CC2)n1. The van der Waals surface area contributed by atoms with Crippen LogP contribution in [0.1, 0.15) is 39.0 Å². The summed E-state index contributed by atoms with van der Waals surface area (Å²) >= 11 is 0. The molecule has 3 aromatic rings. The third kappa shape index (κ3) is 5.67. The van der Waals surface area contributed by atoms with E-state index in [1.807, 2.05) is 41.1 Å². The van der Waals surface area contributed by atoms with Gasteiger partial charge in [-0.3, -0.25) is 4.79 Å². The van der Waals surface area contributed by atoms with Crippen LogP contribution in [0.25, 0.3) is 16.7 Å². The van der Waals surface area contributed by atoms with Crippen LogP contribution in [-0.2, 0) is 14.6 Å². The van der Waals surface area contributed by atoms with Gasteiger partial charge in [0.1, 0.15) is 21.4 Å². The van der Waals surface area contributed by atoms with Crippen molar-refractivity contribution in [2.24, 2.45) is 5.92 Å². The first-order chi connectivity index (χ1) is 16.4. The molecule has 1 saturated carbocycles. The van der Waals surface area contributed by atoms with E-state index in [-0.39, 0.29) is 23.5 Å². The molecule has 9 nitrogen and oxygen atoms in total. The maximum atomic E-state index is 11.7. The number of aliphatic carboxylic acids is 1. The summed E-state index contributed by atoms with van der Waals surface area (Å²) in [6.45, 7) is 1.98. The predicted molar refractivity (Wildman–Crippen MR) is 130 cm³/mol. The van der Waals surface area contributed by atoms with E-state index in [9.17, 15) is 18.3 Å². The lowest BCUT2D eigenvalue weighted by Gasteiger charge is -2.26. The van der Waals surface area contributed by atoms with Gasteiger partial charge in [-0.25, -0.2) is 13.4 Å². The Morgan fingerprint density at radius 2 is 2.00 bits per heavy atom. The summed E-state index contributed by atoms with van der Waals surface area (Å²) in [5.41, 5.74) is 0.922. The van der Waals surface area contributed by atoms with Crippen LogP contribution in [-0.4, -0.2) is 58.2 Å². The van der Waals surface area contributed by atoms with E-state index < -0.39 is 15.8 Å². The molecule has 0 amide bonds. The van der Waals surface area contributed by atoms with Gasteiger partial charge in [0.25, 0.3) is 0 Å². The lowest BCUT2D eigenvalue weighted by Crippen LogP contribution is -2.29. The van der Waals surface area contributed by atoms with Crippen LogP contribution in [0, 0.1) is 5.92 Å². The molecule has 1 aromatic carbocycles. The molecule has 2 N–H and O–H groups in total. The van der Waals surface area contributed by atoms with Gasteiger partial charge in [0.05, 0.1) is 23.8 Å². The zero-order valence-corrected chi connectivity index (χ0v) is 20.0. The van der Waals surface area contributed by atoms with E-state index in [2.05, 4.69) is 15.3 Å². The van der Waals surface area contributed by atoms with Gasteiger partial charge >= 0.3 is 5.97 Å². The van der Waals surface area contributed by atoms with Crippen molar-refractivity contribution in [1.82, 2.24) is 14.5 Å². The molecule has 34 heavy (non-hydrogen) atoms. The number of nitrogens with one attached hydrogen (secondary N) is 1. The fourth-order valence-corrected chi connectivity index (χ4v) is 5.14. The van der Waals surface area contributed by atoms with Crippen molar-refractivity contribution in [3.05, 3.63) is 42.7 Å². The third-order valence-corrected chi connectivity index (χ3v) is 8.08. The van der Waals surface area contributed by atoms with Gasteiger partial charge in [0.2, 0.25) is 5.95 Å². The van der Waals surface area contributed by atoms with Crippen LogP contribution in [0.5, 0.6) is 5.75 Å².